The maximum Gasteiger partial charge on any atom is 0.310 e. The largest absolute Gasteiger partial charge is 0.466 e. The molecule has 0 amide bonds. The second-order valence-electron chi connectivity index (χ2n) is 3.02. The third kappa shape index (κ3) is 2.37. The van der Waals surface area contributed by atoms with Crippen molar-refractivity contribution < 1.29 is 18.3 Å². The zero-order valence-corrected chi connectivity index (χ0v) is 7.43. The zero-order chi connectivity index (χ0) is 9.84. The van der Waals surface area contributed by atoms with Gasteiger partial charge in [-0.15, -0.1) is 0 Å². The van der Waals surface area contributed by atoms with Gasteiger partial charge in [-0.2, -0.15) is 0 Å². The number of esters is 1. The lowest BCUT2D eigenvalue weighted by molar-refractivity contribution is -0.150. The highest BCUT2D eigenvalue weighted by Gasteiger charge is 2.39. The Balaban J connectivity index is 2.52. The fourth-order valence-electron chi connectivity index (χ4n) is 1.47. The van der Waals surface area contributed by atoms with Gasteiger partial charge in [0.05, 0.1) is 12.5 Å². The lowest BCUT2D eigenvalue weighted by Crippen LogP contribution is -2.29. The molecular formula is C8H13F2NO2. The first-order chi connectivity index (χ1) is 6.16. The maximum atomic E-state index is 12.3. The minimum atomic E-state index is -2.45. The van der Waals surface area contributed by atoms with Crippen LogP contribution in [0.2, 0.25) is 0 Å². The summed E-state index contributed by atoms with van der Waals surface area (Å²) in [4.78, 5) is 11.2. The summed E-state index contributed by atoms with van der Waals surface area (Å²) in [6.45, 7) is 2.40. The Kier molecular flexibility index (Phi) is 3.59. The predicted octanol–water partition coefficient (Wildman–Crippen LogP) is 0.650. The Labute approximate surface area is 75.4 Å². The fraction of sp³-hybridized carbons (Fsp3) is 0.875. The van der Waals surface area contributed by atoms with Crippen molar-refractivity contribution in [1.82, 2.24) is 5.32 Å². The molecule has 76 valence electrons. The van der Waals surface area contributed by atoms with Crippen molar-refractivity contribution in [2.24, 2.45) is 11.8 Å². The van der Waals surface area contributed by atoms with Gasteiger partial charge in [0.15, 0.2) is 0 Å². The van der Waals surface area contributed by atoms with E-state index in [0.29, 0.717) is 6.54 Å². The molecule has 1 heterocycles. The van der Waals surface area contributed by atoms with Crippen LogP contribution in [-0.2, 0) is 9.53 Å². The van der Waals surface area contributed by atoms with Gasteiger partial charge in [-0.1, -0.05) is 0 Å². The molecule has 1 aliphatic rings. The van der Waals surface area contributed by atoms with E-state index in [1.807, 2.05) is 0 Å². The summed E-state index contributed by atoms with van der Waals surface area (Å²) in [6.07, 6.45) is -2.45. The number of hydrogen-bond acceptors (Lipinski definition) is 3. The first-order valence-corrected chi connectivity index (χ1v) is 4.32. The quantitative estimate of drug-likeness (QED) is 0.669. The van der Waals surface area contributed by atoms with Crippen LogP contribution in [0.4, 0.5) is 8.78 Å². The van der Waals surface area contributed by atoms with Gasteiger partial charge in [0.2, 0.25) is 6.43 Å². The number of carbonyl (C=O) groups is 1. The summed E-state index contributed by atoms with van der Waals surface area (Å²) in [5.74, 6) is -2.09. The van der Waals surface area contributed by atoms with E-state index in [9.17, 15) is 13.6 Å². The van der Waals surface area contributed by atoms with E-state index in [2.05, 4.69) is 5.32 Å². The molecule has 1 rings (SSSR count). The molecule has 1 aliphatic heterocycles. The highest BCUT2D eigenvalue weighted by Crippen LogP contribution is 2.24. The highest BCUT2D eigenvalue weighted by molar-refractivity contribution is 5.73. The molecule has 1 fully saturated rings. The van der Waals surface area contributed by atoms with Crippen LogP contribution in [0.15, 0.2) is 0 Å². The lowest BCUT2D eigenvalue weighted by Gasteiger charge is -2.15. The van der Waals surface area contributed by atoms with Crippen molar-refractivity contribution in [1.29, 1.82) is 0 Å². The van der Waals surface area contributed by atoms with Crippen molar-refractivity contribution in [3.8, 4) is 0 Å². The smallest absolute Gasteiger partial charge is 0.310 e. The SMILES string of the molecule is CCOC(=O)C1CNCC1C(F)F. The number of ether oxygens (including phenoxy) is 1. The Hall–Kier alpha value is -0.710. The third-order valence-electron chi connectivity index (χ3n) is 2.17. The van der Waals surface area contributed by atoms with Crippen LogP contribution in [0.25, 0.3) is 0 Å². The molecule has 3 nitrogen and oxygen atoms in total. The molecule has 0 aromatic rings. The first-order valence-electron chi connectivity index (χ1n) is 4.32. The topological polar surface area (TPSA) is 38.3 Å². The average molecular weight is 193 g/mol. The van der Waals surface area contributed by atoms with Gasteiger partial charge < -0.3 is 10.1 Å². The molecule has 0 bridgehead atoms. The number of alkyl halides is 2. The van der Waals surface area contributed by atoms with Gasteiger partial charge in [-0.05, 0) is 6.92 Å². The molecule has 0 spiro atoms. The molecule has 0 radical (unpaired) electrons. The van der Waals surface area contributed by atoms with Crippen molar-refractivity contribution in [2.45, 2.75) is 13.3 Å². The van der Waals surface area contributed by atoms with E-state index in [1.165, 1.54) is 0 Å². The average Bonchev–Trinajstić information content (AvgIpc) is 2.52. The number of nitrogens with one attached hydrogen (secondary N) is 1. The zero-order valence-electron chi connectivity index (χ0n) is 7.43. The van der Waals surface area contributed by atoms with Gasteiger partial charge in [-0.3, -0.25) is 4.79 Å². The number of hydrogen-bond donors (Lipinski definition) is 1. The summed E-state index contributed by atoms with van der Waals surface area (Å²) in [7, 11) is 0. The molecule has 0 aromatic carbocycles. The first kappa shape index (κ1) is 10.4. The van der Waals surface area contributed by atoms with Crippen LogP contribution in [0.5, 0.6) is 0 Å². The summed E-state index contributed by atoms with van der Waals surface area (Å²) in [6, 6.07) is 0. The maximum absolute atomic E-state index is 12.3. The normalized spacial score (nSPS) is 28.0. The molecule has 1 N–H and O–H groups in total. The molecular weight excluding hydrogens is 180 g/mol. The standard InChI is InChI=1S/C8H13F2NO2/c1-2-13-8(12)6-4-11-3-5(6)7(9)10/h5-7,11H,2-4H2,1H3. The fourth-order valence-corrected chi connectivity index (χ4v) is 1.47. The summed E-state index contributed by atoms with van der Waals surface area (Å²) in [5, 5.41) is 2.76. The van der Waals surface area contributed by atoms with Crippen LogP contribution in [0.3, 0.4) is 0 Å². The van der Waals surface area contributed by atoms with Gasteiger partial charge in [0, 0.05) is 19.0 Å². The lowest BCUT2D eigenvalue weighted by atomic mass is 9.97. The van der Waals surface area contributed by atoms with Crippen LogP contribution in [-0.4, -0.2) is 32.1 Å². The van der Waals surface area contributed by atoms with Gasteiger partial charge >= 0.3 is 5.97 Å². The van der Waals surface area contributed by atoms with E-state index in [4.69, 9.17) is 4.74 Å². The van der Waals surface area contributed by atoms with E-state index in [-0.39, 0.29) is 13.2 Å². The predicted molar refractivity (Wildman–Crippen MR) is 42.5 cm³/mol. The molecule has 1 saturated heterocycles. The second kappa shape index (κ2) is 4.50. The van der Waals surface area contributed by atoms with Crippen LogP contribution < -0.4 is 5.32 Å². The highest BCUT2D eigenvalue weighted by atomic mass is 19.3. The molecule has 0 saturated carbocycles. The minimum absolute atomic E-state index is 0.196. The minimum Gasteiger partial charge on any atom is -0.466 e. The van der Waals surface area contributed by atoms with Crippen LogP contribution in [0.1, 0.15) is 6.92 Å². The molecule has 13 heavy (non-hydrogen) atoms. The van der Waals surface area contributed by atoms with E-state index in [0.717, 1.165) is 0 Å². The molecule has 0 aliphatic carbocycles. The Morgan fingerprint density at radius 3 is 2.85 bits per heavy atom. The molecule has 2 unspecified atom stereocenters. The number of halogens is 2. The molecule has 0 aromatic heterocycles. The van der Waals surface area contributed by atoms with E-state index in [1.54, 1.807) is 6.92 Å². The van der Waals surface area contributed by atoms with Gasteiger partial charge in [-0.25, -0.2) is 8.78 Å². The monoisotopic (exact) mass is 193 g/mol. The van der Waals surface area contributed by atoms with E-state index < -0.39 is 24.2 Å². The van der Waals surface area contributed by atoms with Crippen molar-refractivity contribution in [3.63, 3.8) is 0 Å². The third-order valence-corrected chi connectivity index (χ3v) is 2.17. The Morgan fingerprint density at radius 1 is 1.62 bits per heavy atom. The summed E-state index contributed by atoms with van der Waals surface area (Å²) in [5.41, 5.74) is 0. The number of rotatable bonds is 3. The Morgan fingerprint density at radius 2 is 2.31 bits per heavy atom. The van der Waals surface area contributed by atoms with Crippen molar-refractivity contribution >= 4 is 5.97 Å². The molecule has 5 heteroatoms. The van der Waals surface area contributed by atoms with Crippen molar-refractivity contribution in [3.05, 3.63) is 0 Å². The van der Waals surface area contributed by atoms with Crippen molar-refractivity contribution in [2.75, 3.05) is 19.7 Å². The van der Waals surface area contributed by atoms with Crippen LogP contribution >= 0.6 is 0 Å². The molecule has 2 atom stereocenters. The second-order valence-corrected chi connectivity index (χ2v) is 3.02. The van der Waals surface area contributed by atoms with Crippen LogP contribution in [0, 0.1) is 11.8 Å². The summed E-state index contributed by atoms with van der Waals surface area (Å²) < 4.78 is 29.4. The summed E-state index contributed by atoms with van der Waals surface area (Å²) >= 11 is 0. The number of carbonyl (C=O) groups excluding carboxylic acids is 1. The van der Waals surface area contributed by atoms with Gasteiger partial charge in [0.1, 0.15) is 0 Å². The van der Waals surface area contributed by atoms with E-state index >= 15 is 0 Å². The van der Waals surface area contributed by atoms with Gasteiger partial charge in [0.25, 0.3) is 0 Å². The Bertz CT molecular complexity index is 187.